The number of aryl methyl sites for hydroxylation is 1. The van der Waals surface area contributed by atoms with Gasteiger partial charge in [-0.3, -0.25) is 10.1 Å². The summed E-state index contributed by atoms with van der Waals surface area (Å²) in [5, 5.41) is 9.98. The number of halogens is 1. The number of amides is 1. The van der Waals surface area contributed by atoms with Crippen LogP contribution in [0.25, 0.3) is 0 Å². The Balaban J connectivity index is 1.52. The topological polar surface area (TPSA) is 101 Å². The summed E-state index contributed by atoms with van der Waals surface area (Å²) in [4.78, 5) is 12.1. The first-order chi connectivity index (χ1) is 13.4. The summed E-state index contributed by atoms with van der Waals surface area (Å²) in [7, 11) is -3.82. The Morgan fingerprint density at radius 1 is 1.04 bits per heavy atom. The van der Waals surface area contributed by atoms with E-state index in [4.69, 9.17) is 0 Å². The molecule has 7 nitrogen and oxygen atoms in total. The van der Waals surface area contributed by atoms with Crippen LogP contribution in [0.4, 0.5) is 9.52 Å². The van der Waals surface area contributed by atoms with Gasteiger partial charge >= 0.3 is 0 Å². The van der Waals surface area contributed by atoms with Crippen molar-refractivity contribution in [3.63, 3.8) is 0 Å². The number of hydrogen-bond acceptors (Lipinski definition) is 6. The van der Waals surface area contributed by atoms with Gasteiger partial charge in [0.05, 0.1) is 0 Å². The number of benzene rings is 2. The zero-order chi connectivity index (χ0) is 20.0. The monoisotopic (exact) mass is 420 g/mol. The molecule has 10 heteroatoms. The van der Waals surface area contributed by atoms with Crippen molar-refractivity contribution < 1.29 is 17.6 Å². The number of carbonyl (C=O) groups is 1. The molecule has 28 heavy (non-hydrogen) atoms. The van der Waals surface area contributed by atoms with E-state index < -0.39 is 15.9 Å². The molecule has 1 heterocycles. The van der Waals surface area contributed by atoms with Gasteiger partial charge in [-0.25, -0.2) is 17.5 Å². The minimum absolute atomic E-state index is 0.0977. The van der Waals surface area contributed by atoms with E-state index in [1.807, 2.05) is 0 Å². The van der Waals surface area contributed by atoms with Crippen molar-refractivity contribution in [2.24, 2.45) is 0 Å². The van der Waals surface area contributed by atoms with Gasteiger partial charge < -0.3 is 0 Å². The molecule has 2 N–H and O–H groups in total. The SMILES string of the molecule is O=C(Nc1nnc(S(=O)(=O)NCCCc2ccc(F)cc2)s1)c1ccccc1. The predicted octanol–water partition coefficient (Wildman–Crippen LogP) is 2.84. The Hall–Kier alpha value is -2.69. The van der Waals surface area contributed by atoms with Gasteiger partial charge in [-0.05, 0) is 42.7 Å². The molecule has 0 fully saturated rings. The largest absolute Gasteiger partial charge is 0.296 e. The molecule has 1 aromatic heterocycles. The molecule has 0 atom stereocenters. The minimum atomic E-state index is -3.82. The van der Waals surface area contributed by atoms with Crippen molar-refractivity contribution in [3.05, 3.63) is 71.5 Å². The van der Waals surface area contributed by atoms with E-state index >= 15 is 0 Å². The lowest BCUT2D eigenvalue weighted by atomic mass is 10.1. The molecular weight excluding hydrogens is 403 g/mol. The number of nitrogens with zero attached hydrogens (tertiary/aromatic N) is 2. The molecule has 0 radical (unpaired) electrons. The standard InChI is InChI=1S/C18H17FN4O3S2/c19-15-10-8-13(9-11-15)5-4-12-20-28(25,26)18-23-22-17(27-18)21-16(24)14-6-2-1-3-7-14/h1-3,6-11,20H,4-5,12H2,(H,21,22,24). The summed E-state index contributed by atoms with van der Waals surface area (Å²) in [5.74, 6) is -0.705. The van der Waals surface area contributed by atoms with Crippen molar-refractivity contribution in [1.29, 1.82) is 0 Å². The van der Waals surface area contributed by atoms with Gasteiger partial charge in [0.15, 0.2) is 0 Å². The van der Waals surface area contributed by atoms with Crippen molar-refractivity contribution in [2.45, 2.75) is 17.2 Å². The first kappa shape index (κ1) is 20.1. The lowest BCUT2D eigenvalue weighted by Gasteiger charge is -2.04. The van der Waals surface area contributed by atoms with Gasteiger partial charge in [0.25, 0.3) is 15.9 Å². The van der Waals surface area contributed by atoms with Crippen LogP contribution in [0, 0.1) is 5.82 Å². The van der Waals surface area contributed by atoms with E-state index in [-0.39, 0.29) is 21.8 Å². The maximum Gasteiger partial charge on any atom is 0.269 e. The second-order valence-electron chi connectivity index (χ2n) is 5.82. The predicted molar refractivity (Wildman–Crippen MR) is 104 cm³/mol. The van der Waals surface area contributed by atoms with Crippen LogP contribution in [0.15, 0.2) is 58.9 Å². The maximum atomic E-state index is 12.9. The van der Waals surface area contributed by atoms with E-state index in [1.54, 1.807) is 42.5 Å². The highest BCUT2D eigenvalue weighted by atomic mass is 32.2. The second kappa shape index (κ2) is 9.00. The molecule has 0 aliphatic carbocycles. The number of aromatic nitrogens is 2. The Morgan fingerprint density at radius 3 is 2.46 bits per heavy atom. The Morgan fingerprint density at radius 2 is 1.75 bits per heavy atom. The van der Waals surface area contributed by atoms with Gasteiger partial charge in [0.2, 0.25) is 9.47 Å². The fourth-order valence-corrected chi connectivity index (χ4v) is 4.35. The van der Waals surface area contributed by atoms with E-state index in [0.717, 1.165) is 16.9 Å². The van der Waals surface area contributed by atoms with Crippen LogP contribution in [0.3, 0.4) is 0 Å². The van der Waals surface area contributed by atoms with Crippen molar-refractivity contribution in [3.8, 4) is 0 Å². The zero-order valence-electron chi connectivity index (χ0n) is 14.6. The Bertz CT molecular complexity index is 1040. The molecule has 146 valence electrons. The molecule has 3 aromatic rings. The van der Waals surface area contributed by atoms with Crippen LogP contribution in [-0.2, 0) is 16.4 Å². The van der Waals surface area contributed by atoms with Crippen LogP contribution in [0.5, 0.6) is 0 Å². The Labute approximate surface area is 165 Å². The quantitative estimate of drug-likeness (QED) is 0.431. The van der Waals surface area contributed by atoms with Gasteiger partial charge in [0, 0.05) is 12.1 Å². The summed E-state index contributed by atoms with van der Waals surface area (Å²) < 4.78 is 39.7. The van der Waals surface area contributed by atoms with Gasteiger partial charge in [-0.1, -0.05) is 41.7 Å². The molecule has 0 aliphatic heterocycles. The minimum Gasteiger partial charge on any atom is -0.296 e. The third-order valence-electron chi connectivity index (χ3n) is 3.74. The summed E-state index contributed by atoms with van der Waals surface area (Å²) in [5.41, 5.74) is 1.35. The molecular formula is C18H17FN4O3S2. The van der Waals surface area contributed by atoms with Gasteiger partial charge in [-0.15, -0.1) is 10.2 Å². The van der Waals surface area contributed by atoms with E-state index in [0.29, 0.717) is 18.4 Å². The number of nitrogens with one attached hydrogen (secondary N) is 2. The molecule has 0 saturated heterocycles. The fraction of sp³-hybridized carbons (Fsp3) is 0.167. The van der Waals surface area contributed by atoms with Crippen LogP contribution in [-0.4, -0.2) is 31.1 Å². The average Bonchev–Trinajstić information content (AvgIpc) is 3.17. The van der Waals surface area contributed by atoms with Crippen molar-refractivity contribution in [2.75, 3.05) is 11.9 Å². The number of hydrogen-bond donors (Lipinski definition) is 2. The van der Waals surface area contributed by atoms with Gasteiger partial charge in [0.1, 0.15) is 5.82 Å². The average molecular weight is 420 g/mol. The first-order valence-electron chi connectivity index (χ1n) is 8.38. The third-order valence-corrected chi connectivity index (χ3v) is 6.41. The maximum absolute atomic E-state index is 12.9. The summed E-state index contributed by atoms with van der Waals surface area (Å²) in [6, 6.07) is 14.6. The molecule has 2 aromatic carbocycles. The highest BCUT2D eigenvalue weighted by Gasteiger charge is 2.20. The van der Waals surface area contributed by atoms with Crippen LogP contribution in [0.1, 0.15) is 22.3 Å². The molecule has 0 spiro atoms. The third kappa shape index (κ3) is 5.41. The summed E-state index contributed by atoms with van der Waals surface area (Å²) >= 11 is 0.773. The number of carbonyl (C=O) groups excluding carboxylic acids is 1. The molecule has 3 rings (SSSR count). The molecule has 0 bridgehead atoms. The van der Waals surface area contributed by atoms with E-state index in [9.17, 15) is 17.6 Å². The van der Waals surface area contributed by atoms with E-state index in [1.165, 1.54) is 12.1 Å². The van der Waals surface area contributed by atoms with Gasteiger partial charge in [-0.2, -0.15) is 0 Å². The second-order valence-corrected chi connectivity index (χ2v) is 8.74. The van der Waals surface area contributed by atoms with Crippen LogP contribution in [0.2, 0.25) is 0 Å². The number of anilines is 1. The number of rotatable bonds is 8. The summed E-state index contributed by atoms with van der Waals surface area (Å²) in [6.07, 6.45) is 1.15. The molecule has 0 unspecified atom stereocenters. The van der Waals surface area contributed by atoms with Crippen molar-refractivity contribution in [1.82, 2.24) is 14.9 Å². The lowest BCUT2D eigenvalue weighted by molar-refractivity contribution is 0.102. The van der Waals surface area contributed by atoms with Crippen molar-refractivity contribution >= 4 is 32.4 Å². The van der Waals surface area contributed by atoms with Crippen LogP contribution >= 0.6 is 11.3 Å². The number of sulfonamides is 1. The summed E-state index contributed by atoms with van der Waals surface area (Å²) in [6.45, 7) is 0.199. The highest BCUT2D eigenvalue weighted by molar-refractivity contribution is 7.91. The van der Waals surface area contributed by atoms with E-state index in [2.05, 4.69) is 20.2 Å². The zero-order valence-corrected chi connectivity index (χ0v) is 16.3. The Kier molecular flexibility index (Phi) is 6.45. The normalized spacial score (nSPS) is 11.3. The first-order valence-corrected chi connectivity index (χ1v) is 10.7. The highest BCUT2D eigenvalue weighted by Crippen LogP contribution is 2.20. The molecule has 0 saturated carbocycles. The fourth-order valence-electron chi connectivity index (χ4n) is 2.34. The van der Waals surface area contributed by atoms with Crippen LogP contribution < -0.4 is 10.0 Å². The smallest absolute Gasteiger partial charge is 0.269 e. The molecule has 1 amide bonds. The molecule has 0 aliphatic rings. The lowest BCUT2D eigenvalue weighted by Crippen LogP contribution is -2.25.